The fraction of sp³-hybridized carbons (Fsp3) is 0.308. The summed E-state index contributed by atoms with van der Waals surface area (Å²) in [5, 5.41) is 0.298. The average molecular weight is 269 g/mol. The largest absolute Gasteiger partial charge is 0.466 e. The molecule has 0 heterocycles. The van der Waals surface area contributed by atoms with Gasteiger partial charge in [0.15, 0.2) is 11.6 Å². The molecule has 96 valence electrons. The number of hydrogen-bond donors (Lipinski definition) is 0. The molecule has 0 aliphatic carbocycles. The summed E-state index contributed by atoms with van der Waals surface area (Å²) in [5.74, 6) is -1.48. The van der Waals surface area contributed by atoms with Crippen molar-refractivity contribution in [1.29, 1.82) is 0 Å². The monoisotopic (exact) mass is 268 g/mol. The summed E-state index contributed by atoms with van der Waals surface area (Å²) >= 11 is 5.83. The number of benzene rings is 1. The highest BCUT2D eigenvalue weighted by Crippen LogP contribution is 2.17. The molecule has 1 aromatic rings. The summed E-state index contributed by atoms with van der Waals surface area (Å²) in [4.78, 5) is 34.3. The smallest absolute Gasteiger partial charge is 0.313 e. The third kappa shape index (κ3) is 4.30. The first-order chi connectivity index (χ1) is 8.54. The van der Waals surface area contributed by atoms with Gasteiger partial charge >= 0.3 is 5.97 Å². The standard InChI is InChI=1S/C13H13ClO4/c1-2-18-13(17)8-9(15)7-12(16)10-5-3-4-6-11(10)14/h3-6H,2,7-8H2,1H3. The van der Waals surface area contributed by atoms with Gasteiger partial charge in [0, 0.05) is 5.56 Å². The van der Waals surface area contributed by atoms with E-state index < -0.39 is 17.5 Å². The Morgan fingerprint density at radius 1 is 1.17 bits per heavy atom. The van der Waals surface area contributed by atoms with E-state index in [4.69, 9.17) is 11.6 Å². The second kappa shape index (κ2) is 6.91. The summed E-state index contributed by atoms with van der Waals surface area (Å²) in [6, 6.07) is 6.47. The van der Waals surface area contributed by atoms with Crippen molar-refractivity contribution in [2.45, 2.75) is 19.8 Å². The van der Waals surface area contributed by atoms with Gasteiger partial charge in [-0.3, -0.25) is 14.4 Å². The number of hydrogen-bond acceptors (Lipinski definition) is 4. The van der Waals surface area contributed by atoms with Gasteiger partial charge in [0.2, 0.25) is 0 Å². The Morgan fingerprint density at radius 2 is 1.83 bits per heavy atom. The fourth-order valence-corrected chi connectivity index (χ4v) is 1.64. The van der Waals surface area contributed by atoms with Crippen molar-refractivity contribution in [3.05, 3.63) is 34.9 Å². The van der Waals surface area contributed by atoms with Gasteiger partial charge in [-0.1, -0.05) is 23.7 Å². The van der Waals surface area contributed by atoms with E-state index in [1.807, 2.05) is 0 Å². The highest BCUT2D eigenvalue weighted by Gasteiger charge is 2.17. The van der Waals surface area contributed by atoms with Crippen LogP contribution < -0.4 is 0 Å². The second-order valence-corrected chi connectivity index (χ2v) is 4.01. The molecule has 0 aliphatic rings. The van der Waals surface area contributed by atoms with Gasteiger partial charge in [0.1, 0.15) is 6.42 Å². The Kier molecular flexibility index (Phi) is 5.52. The first kappa shape index (κ1) is 14.4. The summed E-state index contributed by atoms with van der Waals surface area (Å²) in [7, 11) is 0. The number of esters is 1. The van der Waals surface area contributed by atoms with Crippen LogP contribution in [-0.2, 0) is 14.3 Å². The molecule has 18 heavy (non-hydrogen) atoms. The van der Waals surface area contributed by atoms with Crippen molar-refractivity contribution >= 4 is 29.1 Å². The molecule has 0 aromatic heterocycles. The second-order valence-electron chi connectivity index (χ2n) is 3.60. The predicted molar refractivity (Wildman–Crippen MR) is 66.7 cm³/mol. The first-order valence-corrected chi connectivity index (χ1v) is 5.87. The molecule has 1 rings (SSSR count). The number of halogens is 1. The number of ether oxygens (including phenoxy) is 1. The summed E-state index contributed by atoms with van der Waals surface area (Å²) in [5.41, 5.74) is 0.288. The van der Waals surface area contributed by atoms with Crippen LogP contribution in [0.4, 0.5) is 0 Å². The van der Waals surface area contributed by atoms with Crippen LogP contribution >= 0.6 is 11.6 Å². The minimum atomic E-state index is -0.616. The zero-order valence-electron chi connectivity index (χ0n) is 9.94. The molecule has 4 nitrogen and oxygen atoms in total. The molecule has 0 amide bonds. The van der Waals surface area contributed by atoms with Crippen LogP contribution in [0.5, 0.6) is 0 Å². The predicted octanol–water partition coefficient (Wildman–Crippen LogP) is 2.44. The molecule has 0 bridgehead atoms. The lowest BCUT2D eigenvalue weighted by atomic mass is 10.0. The van der Waals surface area contributed by atoms with Gasteiger partial charge in [-0.05, 0) is 19.1 Å². The van der Waals surface area contributed by atoms with E-state index in [1.165, 1.54) is 0 Å². The molecule has 0 aliphatic heterocycles. The van der Waals surface area contributed by atoms with E-state index in [-0.39, 0.29) is 25.0 Å². The molecule has 0 N–H and O–H groups in total. The Labute approximate surface area is 110 Å². The quantitative estimate of drug-likeness (QED) is 0.452. The highest BCUT2D eigenvalue weighted by atomic mass is 35.5. The summed E-state index contributed by atoms with van der Waals surface area (Å²) in [6.45, 7) is 1.86. The van der Waals surface area contributed by atoms with Crippen LogP contribution in [0.1, 0.15) is 30.1 Å². The SMILES string of the molecule is CCOC(=O)CC(=O)CC(=O)c1ccccc1Cl. The average Bonchev–Trinajstić information content (AvgIpc) is 2.29. The summed E-state index contributed by atoms with van der Waals surface area (Å²) in [6.07, 6.45) is -0.730. The van der Waals surface area contributed by atoms with Crippen LogP contribution in [0.2, 0.25) is 5.02 Å². The molecule has 0 unspecified atom stereocenters. The summed E-state index contributed by atoms with van der Waals surface area (Å²) < 4.78 is 4.63. The van der Waals surface area contributed by atoms with Crippen LogP contribution in [0.15, 0.2) is 24.3 Å². The number of ketones is 2. The maximum atomic E-state index is 11.8. The van der Waals surface area contributed by atoms with E-state index in [0.29, 0.717) is 5.02 Å². The molecule has 0 spiro atoms. The van der Waals surface area contributed by atoms with Gasteiger partial charge < -0.3 is 4.74 Å². The van der Waals surface area contributed by atoms with Gasteiger partial charge in [-0.25, -0.2) is 0 Å². The first-order valence-electron chi connectivity index (χ1n) is 5.49. The zero-order chi connectivity index (χ0) is 13.5. The Hall–Kier alpha value is -1.68. The van der Waals surface area contributed by atoms with E-state index in [1.54, 1.807) is 31.2 Å². The van der Waals surface area contributed by atoms with Crippen molar-refractivity contribution in [2.75, 3.05) is 6.61 Å². The van der Waals surface area contributed by atoms with Gasteiger partial charge in [-0.2, -0.15) is 0 Å². The number of carbonyl (C=O) groups is 3. The Balaban J connectivity index is 2.58. The number of rotatable bonds is 6. The van der Waals surface area contributed by atoms with Crippen molar-refractivity contribution in [2.24, 2.45) is 0 Å². The lowest BCUT2D eigenvalue weighted by Gasteiger charge is -2.03. The highest BCUT2D eigenvalue weighted by molar-refractivity contribution is 6.34. The number of Topliss-reactive ketones (excluding diaryl/α,β-unsaturated/α-hetero) is 2. The third-order valence-electron chi connectivity index (χ3n) is 2.18. The number of carbonyl (C=O) groups excluding carboxylic acids is 3. The van der Waals surface area contributed by atoms with Crippen molar-refractivity contribution < 1.29 is 19.1 Å². The van der Waals surface area contributed by atoms with E-state index in [0.717, 1.165) is 0 Å². The molecule has 0 saturated carbocycles. The maximum Gasteiger partial charge on any atom is 0.313 e. The lowest BCUT2D eigenvalue weighted by molar-refractivity contribution is -0.145. The van der Waals surface area contributed by atoms with Crippen molar-refractivity contribution in [1.82, 2.24) is 0 Å². The van der Waals surface area contributed by atoms with E-state index in [9.17, 15) is 14.4 Å². The van der Waals surface area contributed by atoms with E-state index in [2.05, 4.69) is 4.74 Å². The molecular formula is C13H13ClO4. The minimum absolute atomic E-state index is 0.213. The molecule has 0 radical (unpaired) electrons. The van der Waals surface area contributed by atoms with Gasteiger partial charge in [0.25, 0.3) is 0 Å². The fourth-order valence-electron chi connectivity index (χ4n) is 1.40. The topological polar surface area (TPSA) is 60.4 Å². The van der Waals surface area contributed by atoms with Gasteiger partial charge in [-0.15, -0.1) is 0 Å². The van der Waals surface area contributed by atoms with Gasteiger partial charge in [0.05, 0.1) is 18.1 Å². The normalized spacial score (nSPS) is 9.89. The zero-order valence-corrected chi connectivity index (χ0v) is 10.7. The molecule has 1 aromatic carbocycles. The van der Waals surface area contributed by atoms with Crippen LogP contribution in [0, 0.1) is 0 Å². The van der Waals surface area contributed by atoms with Crippen LogP contribution in [-0.4, -0.2) is 24.1 Å². The molecule has 5 heteroatoms. The molecule has 0 atom stereocenters. The Morgan fingerprint density at radius 3 is 2.44 bits per heavy atom. The van der Waals surface area contributed by atoms with E-state index >= 15 is 0 Å². The van der Waals surface area contributed by atoms with Crippen molar-refractivity contribution in [3.63, 3.8) is 0 Å². The van der Waals surface area contributed by atoms with Crippen LogP contribution in [0.25, 0.3) is 0 Å². The molecular weight excluding hydrogens is 256 g/mol. The Bertz CT molecular complexity index is 468. The van der Waals surface area contributed by atoms with Crippen molar-refractivity contribution in [3.8, 4) is 0 Å². The van der Waals surface area contributed by atoms with Crippen LogP contribution in [0.3, 0.4) is 0 Å². The molecule has 0 saturated heterocycles. The third-order valence-corrected chi connectivity index (χ3v) is 2.51. The minimum Gasteiger partial charge on any atom is -0.466 e. The lowest BCUT2D eigenvalue weighted by Crippen LogP contribution is -2.15. The molecule has 0 fully saturated rings. The maximum absolute atomic E-state index is 11.8.